The molecular formula is C18H17ClN4O2. The first-order chi connectivity index (χ1) is 12.2. The number of anilines is 2. The van der Waals surface area contributed by atoms with Gasteiger partial charge in [0.25, 0.3) is 0 Å². The van der Waals surface area contributed by atoms with Crippen LogP contribution in [0.2, 0.25) is 5.02 Å². The smallest absolute Gasteiger partial charge is 0.248 e. The van der Waals surface area contributed by atoms with Crippen molar-refractivity contribution >= 4 is 23.1 Å². The van der Waals surface area contributed by atoms with Gasteiger partial charge in [-0.15, -0.1) is 0 Å². The molecule has 0 aliphatic carbocycles. The first-order valence-electron chi connectivity index (χ1n) is 7.57. The van der Waals surface area contributed by atoms with Crippen molar-refractivity contribution in [2.75, 3.05) is 18.2 Å². The molecule has 6 nitrogen and oxygen atoms in total. The van der Waals surface area contributed by atoms with Gasteiger partial charge in [-0.1, -0.05) is 41.9 Å². The van der Waals surface area contributed by atoms with Gasteiger partial charge in [0.05, 0.1) is 7.11 Å². The molecule has 0 amide bonds. The molecule has 0 spiro atoms. The summed E-state index contributed by atoms with van der Waals surface area (Å²) in [4.78, 5) is 8.27. The lowest BCUT2D eigenvalue weighted by Crippen LogP contribution is -2.07. The normalized spacial score (nSPS) is 10.3. The number of halogens is 1. The third kappa shape index (κ3) is 3.92. The molecular weight excluding hydrogens is 340 g/mol. The number of nitrogens with one attached hydrogen (secondary N) is 1. The highest BCUT2D eigenvalue weighted by Gasteiger charge is 2.13. The van der Waals surface area contributed by atoms with E-state index in [2.05, 4.69) is 15.3 Å². The average Bonchev–Trinajstić information content (AvgIpc) is 2.64. The van der Waals surface area contributed by atoms with Gasteiger partial charge in [0.15, 0.2) is 17.3 Å². The standard InChI is InChI=1S/C18H17ClN4O2/c1-24-14-8-4-5-9-15(14)25-18-16(20)17(22-11-23-18)21-10-12-6-2-3-7-13(12)19/h2-9,11H,10,20H2,1H3,(H,21,22,23). The van der Waals surface area contributed by atoms with E-state index in [-0.39, 0.29) is 5.88 Å². The van der Waals surface area contributed by atoms with E-state index >= 15 is 0 Å². The predicted octanol–water partition coefficient (Wildman–Crippen LogP) is 4.13. The van der Waals surface area contributed by atoms with Crippen molar-refractivity contribution in [1.82, 2.24) is 9.97 Å². The molecule has 2 aromatic carbocycles. The van der Waals surface area contributed by atoms with Gasteiger partial charge in [-0.2, -0.15) is 4.98 Å². The van der Waals surface area contributed by atoms with Crippen molar-refractivity contribution in [1.29, 1.82) is 0 Å². The third-order valence-electron chi connectivity index (χ3n) is 3.53. The molecule has 3 rings (SSSR count). The number of rotatable bonds is 6. The summed E-state index contributed by atoms with van der Waals surface area (Å²) in [7, 11) is 1.57. The van der Waals surface area contributed by atoms with Crippen molar-refractivity contribution in [3.05, 3.63) is 65.4 Å². The molecule has 0 aliphatic rings. The van der Waals surface area contributed by atoms with Gasteiger partial charge in [-0.3, -0.25) is 0 Å². The fourth-order valence-corrected chi connectivity index (χ4v) is 2.43. The van der Waals surface area contributed by atoms with Crippen LogP contribution in [-0.4, -0.2) is 17.1 Å². The molecule has 0 saturated carbocycles. The van der Waals surface area contributed by atoms with Gasteiger partial charge in [-0.05, 0) is 23.8 Å². The molecule has 1 aromatic heterocycles. The molecule has 0 radical (unpaired) electrons. The number of methoxy groups -OCH3 is 1. The average molecular weight is 357 g/mol. The van der Waals surface area contributed by atoms with Crippen LogP contribution in [0, 0.1) is 0 Å². The van der Waals surface area contributed by atoms with Crippen LogP contribution in [0.15, 0.2) is 54.9 Å². The number of nitrogens with zero attached hydrogens (tertiary/aromatic N) is 2. The fraction of sp³-hybridized carbons (Fsp3) is 0.111. The van der Waals surface area contributed by atoms with Crippen molar-refractivity contribution < 1.29 is 9.47 Å². The Kier molecular flexibility index (Phi) is 5.20. The Bertz CT molecular complexity index is 873. The lowest BCUT2D eigenvalue weighted by Gasteiger charge is -2.13. The van der Waals surface area contributed by atoms with Gasteiger partial charge < -0.3 is 20.5 Å². The maximum atomic E-state index is 6.16. The Hall–Kier alpha value is -2.99. The van der Waals surface area contributed by atoms with Crippen molar-refractivity contribution in [2.45, 2.75) is 6.54 Å². The lowest BCUT2D eigenvalue weighted by molar-refractivity contribution is 0.374. The van der Waals surface area contributed by atoms with Gasteiger partial charge in [0, 0.05) is 11.6 Å². The molecule has 128 valence electrons. The molecule has 25 heavy (non-hydrogen) atoms. The minimum absolute atomic E-state index is 0.251. The molecule has 0 saturated heterocycles. The fourth-order valence-electron chi connectivity index (χ4n) is 2.23. The first kappa shape index (κ1) is 16.9. The van der Waals surface area contributed by atoms with Crippen LogP contribution < -0.4 is 20.5 Å². The number of para-hydroxylation sites is 2. The quantitative estimate of drug-likeness (QED) is 0.691. The Morgan fingerprint density at radius 3 is 2.52 bits per heavy atom. The highest BCUT2D eigenvalue weighted by Crippen LogP contribution is 2.34. The van der Waals surface area contributed by atoms with E-state index in [0.29, 0.717) is 34.6 Å². The minimum atomic E-state index is 0.251. The topological polar surface area (TPSA) is 82.3 Å². The van der Waals surface area contributed by atoms with Crippen molar-refractivity contribution in [3.63, 3.8) is 0 Å². The minimum Gasteiger partial charge on any atom is -0.493 e. The second kappa shape index (κ2) is 7.72. The number of nitrogen functional groups attached to an aromatic ring is 1. The number of benzene rings is 2. The highest BCUT2D eigenvalue weighted by molar-refractivity contribution is 6.31. The first-order valence-corrected chi connectivity index (χ1v) is 7.95. The molecule has 1 heterocycles. The summed E-state index contributed by atoms with van der Waals surface area (Å²) < 4.78 is 11.0. The van der Waals surface area contributed by atoms with Crippen LogP contribution in [0.4, 0.5) is 11.5 Å². The number of hydrogen-bond acceptors (Lipinski definition) is 6. The van der Waals surface area contributed by atoms with Gasteiger partial charge in [0.2, 0.25) is 5.88 Å². The molecule has 0 fully saturated rings. The highest BCUT2D eigenvalue weighted by atomic mass is 35.5. The zero-order valence-electron chi connectivity index (χ0n) is 13.6. The zero-order chi connectivity index (χ0) is 17.6. The summed E-state index contributed by atoms with van der Waals surface area (Å²) >= 11 is 6.16. The van der Waals surface area contributed by atoms with Gasteiger partial charge in [0.1, 0.15) is 12.0 Å². The van der Waals surface area contributed by atoms with Crippen LogP contribution in [0.25, 0.3) is 0 Å². The van der Waals surface area contributed by atoms with E-state index in [4.69, 9.17) is 26.8 Å². The predicted molar refractivity (Wildman–Crippen MR) is 98.3 cm³/mol. The lowest BCUT2D eigenvalue weighted by atomic mass is 10.2. The molecule has 7 heteroatoms. The molecule has 0 aliphatic heterocycles. The summed E-state index contributed by atoms with van der Waals surface area (Å²) in [6, 6.07) is 14.8. The van der Waals surface area contributed by atoms with E-state index in [0.717, 1.165) is 5.56 Å². The molecule has 0 bridgehead atoms. The molecule has 0 atom stereocenters. The Labute approximate surface area is 150 Å². The Balaban J connectivity index is 1.79. The summed E-state index contributed by atoms with van der Waals surface area (Å²) in [6.07, 6.45) is 1.38. The van der Waals surface area contributed by atoms with Crippen molar-refractivity contribution in [3.8, 4) is 17.4 Å². The van der Waals surface area contributed by atoms with E-state index in [9.17, 15) is 0 Å². The molecule has 0 unspecified atom stereocenters. The van der Waals surface area contributed by atoms with Crippen LogP contribution in [0.1, 0.15) is 5.56 Å². The van der Waals surface area contributed by atoms with Crippen molar-refractivity contribution in [2.24, 2.45) is 0 Å². The van der Waals surface area contributed by atoms with E-state index in [1.807, 2.05) is 36.4 Å². The SMILES string of the molecule is COc1ccccc1Oc1ncnc(NCc2ccccc2Cl)c1N. The van der Waals surface area contributed by atoms with Crippen LogP contribution >= 0.6 is 11.6 Å². The summed E-state index contributed by atoms with van der Waals surface area (Å²) in [5.41, 5.74) is 7.38. The number of ether oxygens (including phenoxy) is 2. The van der Waals surface area contributed by atoms with E-state index < -0.39 is 0 Å². The van der Waals surface area contributed by atoms with Gasteiger partial charge in [-0.25, -0.2) is 4.98 Å². The second-order valence-electron chi connectivity index (χ2n) is 5.14. The third-order valence-corrected chi connectivity index (χ3v) is 3.90. The Morgan fingerprint density at radius 1 is 1.04 bits per heavy atom. The summed E-state index contributed by atoms with van der Waals surface area (Å²) in [5.74, 6) is 1.83. The van der Waals surface area contributed by atoms with Crippen LogP contribution in [0.3, 0.4) is 0 Å². The number of nitrogens with two attached hydrogens (primary N) is 1. The maximum Gasteiger partial charge on any atom is 0.248 e. The number of aromatic nitrogens is 2. The van der Waals surface area contributed by atoms with Crippen LogP contribution in [0.5, 0.6) is 17.4 Å². The summed E-state index contributed by atoms with van der Waals surface area (Å²) in [5, 5.41) is 3.83. The Morgan fingerprint density at radius 2 is 1.76 bits per heavy atom. The monoisotopic (exact) mass is 356 g/mol. The maximum absolute atomic E-state index is 6.16. The largest absolute Gasteiger partial charge is 0.493 e. The van der Waals surface area contributed by atoms with Gasteiger partial charge >= 0.3 is 0 Å². The second-order valence-corrected chi connectivity index (χ2v) is 5.55. The molecule has 3 aromatic rings. The van der Waals surface area contributed by atoms with Crippen LogP contribution in [-0.2, 0) is 6.54 Å². The zero-order valence-corrected chi connectivity index (χ0v) is 14.3. The number of hydrogen-bond donors (Lipinski definition) is 2. The summed E-state index contributed by atoms with van der Waals surface area (Å²) in [6.45, 7) is 0.481. The van der Waals surface area contributed by atoms with E-state index in [1.165, 1.54) is 6.33 Å². The van der Waals surface area contributed by atoms with E-state index in [1.54, 1.807) is 19.2 Å². The molecule has 3 N–H and O–H groups in total.